The Balaban J connectivity index is 1.81. The Morgan fingerprint density at radius 3 is 2.48 bits per heavy atom. The van der Waals surface area contributed by atoms with Crippen LogP contribution in [0, 0.1) is 0 Å². The van der Waals surface area contributed by atoms with Gasteiger partial charge in [0.05, 0.1) is 18.6 Å². The average molecular weight is 312 g/mol. The van der Waals surface area contributed by atoms with Gasteiger partial charge in [-0.2, -0.15) is 0 Å². The van der Waals surface area contributed by atoms with E-state index in [0.717, 1.165) is 18.7 Å². The van der Waals surface area contributed by atoms with E-state index >= 15 is 0 Å². The highest BCUT2D eigenvalue weighted by Gasteiger charge is 2.20. The molecule has 0 bridgehead atoms. The number of sulfonamides is 1. The summed E-state index contributed by atoms with van der Waals surface area (Å²) in [5.41, 5.74) is 0.659. The third-order valence-electron chi connectivity index (χ3n) is 3.69. The van der Waals surface area contributed by atoms with Crippen molar-refractivity contribution in [2.45, 2.75) is 31.7 Å². The van der Waals surface area contributed by atoms with Crippen LogP contribution in [-0.4, -0.2) is 40.9 Å². The third kappa shape index (κ3) is 4.89. The zero-order chi connectivity index (χ0) is 15.3. The second kappa shape index (κ2) is 7.13. The van der Waals surface area contributed by atoms with Gasteiger partial charge < -0.3 is 10.1 Å². The minimum Gasteiger partial charge on any atom is -0.497 e. The van der Waals surface area contributed by atoms with Crippen LogP contribution in [0.5, 0.6) is 5.75 Å². The number of nitrogens with one attached hydrogen (secondary N) is 1. The standard InChI is InChI=1S/C15H24N2O3S/c1-17(14-7-9-15(20-2)10-8-14)21(18,19)12-4-3-11-16-13-5-6-13/h7-10,13,16H,3-6,11-12H2,1-2H3. The van der Waals surface area contributed by atoms with Crippen molar-refractivity contribution in [1.82, 2.24) is 5.32 Å². The van der Waals surface area contributed by atoms with Crippen LogP contribution in [0.3, 0.4) is 0 Å². The minimum absolute atomic E-state index is 0.182. The fourth-order valence-electron chi connectivity index (χ4n) is 2.09. The molecule has 2 rings (SSSR count). The molecule has 1 aromatic rings. The fourth-order valence-corrected chi connectivity index (χ4v) is 3.38. The van der Waals surface area contributed by atoms with Crippen LogP contribution in [0.2, 0.25) is 0 Å². The van der Waals surface area contributed by atoms with Gasteiger partial charge in [0, 0.05) is 13.1 Å². The third-order valence-corrected chi connectivity index (χ3v) is 5.54. The van der Waals surface area contributed by atoms with Gasteiger partial charge in [-0.05, 0) is 56.5 Å². The van der Waals surface area contributed by atoms with E-state index in [1.165, 1.54) is 17.1 Å². The lowest BCUT2D eigenvalue weighted by Crippen LogP contribution is -2.29. The van der Waals surface area contributed by atoms with Crippen LogP contribution in [0.1, 0.15) is 25.7 Å². The van der Waals surface area contributed by atoms with Crippen LogP contribution in [-0.2, 0) is 10.0 Å². The number of rotatable bonds is 9. The van der Waals surface area contributed by atoms with Crippen molar-refractivity contribution < 1.29 is 13.2 Å². The lowest BCUT2D eigenvalue weighted by atomic mass is 10.3. The van der Waals surface area contributed by atoms with E-state index in [9.17, 15) is 8.42 Å². The highest BCUT2D eigenvalue weighted by atomic mass is 32.2. The quantitative estimate of drug-likeness (QED) is 0.709. The summed E-state index contributed by atoms with van der Waals surface area (Å²) in [5, 5.41) is 3.39. The van der Waals surface area contributed by atoms with Gasteiger partial charge in [0.15, 0.2) is 0 Å². The van der Waals surface area contributed by atoms with Gasteiger partial charge in [0.2, 0.25) is 10.0 Å². The maximum absolute atomic E-state index is 12.3. The van der Waals surface area contributed by atoms with E-state index in [2.05, 4.69) is 5.32 Å². The van der Waals surface area contributed by atoms with Crippen molar-refractivity contribution >= 4 is 15.7 Å². The topological polar surface area (TPSA) is 58.6 Å². The number of methoxy groups -OCH3 is 1. The normalized spacial score (nSPS) is 15.0. The number of ether oxygens (including phenoxy) is 1. The van der Waals surface area contributed by atoms with Crippen molar-refractivity contribution in [1.29, 1.82) is 0 Å². The summed E-state index contributed by atoms with van der Waals surface area (Å²) in [7, 11) is -0.0680. The number of hydrogen-bond acceptors (Lipinski definition) is 4. The highest BCUT2D eigenvalue weighted by molar-refractivity contribution is 7.92. The fraction of sp³-hybridized carbons (Fsp3) is 0.600. The lowest BCUT2D eigenvalue weighted by molar-refractivity contribution is 0.415. The van der Waals surface area contributed by atoms with Crippen molar-refractivity contribution in [3.05, 3.63) is 24.3 Å². The van der Waals surface area contributed by atoms with Crippen molar-refractivity contribution in [3.8, 4) is 5.75 Å². The van der Waals surface area contributed by atoms with Crippen LogP contribution in [0.4, 0.5) is 5.69 Å². The molecular formula is C15H24N2O3S. The molecule has 1 fully saturated rings. The monoisotopic (exact) mass is 312 g/mol. The molecule has 0 atom stereocenters. The smallest absolute Gasteiger partial charge is 0.234 e. The molecule has 1 saturated carbocycles. The van der Waals surface area contributed by atoms with Gasteiger partial charge in [-0.25, -0.2) is 8.42 Å². The number of nitrogens with zero attached hydrogens (tertiary/aromatic N) is 1. The predicted octanol–water partition coefficient (Wildman–Crippen LogP) is 1.99. The second-order valence-electron chi connectivity index (χ2n) is 5.42. The first-order valence-electron chi connectivity index (χ1n) is 7.37. The maximum atomic E-state index is 12.3. The molecule has 0 unspecified atom stereocenters. The summed E-state index contributed by atoms with van der Waals surface area (Å²) >= 11 is 0. The molecule has 1 N–H and O–H groups in total. The molecule has 21 heavy (non-hydrogen) atoms. The Morgan fingerprint density at radius 2 is 1.90 bits per heavy atom. The highest BCUT2D eigenvalue weighted by Crippen LogP contribution is 2.21. The van der Waals surface area contributed by atoms with Crippen molar-refractivity contribution in [2.24, 2.45) is 0 Å². The molecule has 6 heteroatoms. The number of anilines is 1. The molecule has 0 heterocycles. The van der Waals surface area contributed by atoms with Crippen molar-refractivity contribution in [2.75, 3.05) is 30.8 Å². The Kier molecular flexibility index (Phi) is 5.47. The van der Waals surface area contributed by atoms with Gasteiger partial charge in [0.1, 0.15) is 5.75 Å². The summed E-state index contributed by atoms with van der Waals surface area (Å²) in [6.45, 7) is 0.909. The zero-order valence-electron chi connectivity index (χ0n) is 12.7. The molecule has 0 amide bonds. The first-order chi connectivity index (χ1) is 10.0. The molecule has 5 nitrogen and oxygen atoms in total. The lowest BCUT2D eigenvalue weighted by Gasteiger charge is -2.19. The Hall–Kier alpha value is -1.27. The summed E-state index contributed by atoms with van der Waals surface area (Å²) in [4.78, 5) is 0. The Bertz CT molecular complexity index is 539. The molecule has 0 aromatic heterocycles. The summed E-state index contributed by atoms with van der Waals surface area (Å²) in [6, 6.07) is 7.72. The van der Waals surface area contributed by atoms with Crippen LogP contribution < -0.4 is 14.4 Å². The summed E-state index contributed by atoms with van der Waals surface area (Å²) < 4.78 is 31.0. The second-order valence-corrected chi connectivity index (χ2v) is 7.54. The number of hydrogen-bond donors (Lipinski definition) is 1. The zero-order valence-corrected chi connectivity index (χ0v) is 13.5. The number of unbranched alkanes of at least 4 members (excludes halogenated alkanes) is 1. The number of benzene rings is 1. The van der Waals surface area contributed by atoms with E-state index in [0.29, 0.717) is 18.2 Å². The molecule has 0 saturated heterocycles. The van der Waals surface area contributed by atoms with Gasteiger partial charge in [-0.1, -0.05) is 0 Å². The molecule has 118 valence electrons. The van der Waals surface area contributed by atoms with E-state index in [-0.39, 0.29) is 5.75 Å². The summed E-state index contributed by atoms with van der Waals surface area (Å²) in [5.74, 6) is 0.901. The van der Waals surface area contributed by atoms with Gasteiger partial charge >= 0.3 is 0 Å². The van der Waals surface area contributed by atoms with Crippen molar-refractivity contribution in [3.63, 3.8) is 0 Å². The average Bonchev–Trinajstić information content (AvgIpc) is 3.30. The molecule has 0 radical (unpaired) electrons. The first-order valence-corrected chi connectivity index (χ1v) is 8.98. The summed E-state index contributed by atoms with van der Waals surface area (Å²) in [6.07, 6.45) is 4.10. The van der Waals surface area contributed by atoms with Gasteiger partial charge in [-0.3, -0.25) is 4.31 Å². The van der Waals surface area contributed by atoms with Gasteiger partial charge in [0.25, 0.3) is 0 Å². The largest absolute Gasteiger partial charge is 0.497 e. The van der Waals surface area contributed by atoms with E-state index in [1.54, 1.807) is 38.4 Å². The molecule has 0 spiro atoms. The van der Waals surface area contributed by atoms with E-state index < -0.39 is 10.0 Å². The predicted molar refractivity (Wildman–Crippen MR) is 85.4 cm³/mol. The Morgan fingerprint density at radius 1 is 1.24 bits per heavy atom. The van der Waals surface area contributed by atoms with E-state index in [1.807, 2.05) is 0 Å². The molecule has 1 aliphatic rings. The minimum atomic E-state index is -3.25. The van der Waals surface area contributed by atoms with Crippen LogP contribution in [0.15, 0.2) is 24.3 Å². The SMILES string of the molecule is COc1ccc(N(C)S(=O)(=O)CCCCNC2CC2)cc1. The maximum Gasteiger partial charge on any atom is 0.234 e. The molecule has 1 aromatic carbocycles. The molecule has 1 aliphatic carbocycles. The van der Waals surface area contributed by atoms with Crippen LogP contribution >= 0.6 is 0 Å². The first kappa shape index (κ1) is 16.1. The van der Waals surface area contributed by atoms with Gasteiger partial charge in [-0.15, -0.1) is 0 Å². The van der Waals surface area contributed by atoms with E-state index in [4.69, 9.17) is 4.74 Å². The molecular weight excluding hydrogens is 288 g/mol. The Labute approximate surface area is 127 Å². The van der Waals surface area contributed by atoms with Crippen LogP contribution in [0.25, 0.3) is 0 Å². The molecule has 0 aliphatic heterocycles.